The Balaban J connectivity index is 2.51. The number of hydrogen-bond donors (Lipinski definition) is 2. The number of nitrogens with zero attached hydrogens (tertiary/aromatic N) is 2. The van der Waals surface area contributed by atoms with Crippen molar-refractivity contribution in [1.82, 2.24) is 15.1 Å². The van der Waals surface area contributed by atoms with E-state index in [4.69, 9.17) is 0 Å². The van der Waals surface area contributed by atoms with Crippen LogP contribution in [0.2, 0.25) is 0 Å². The number of carbonyl (C=O) groups is 2. The molecule has 22 heavy (non-hydrogen) atoms. The first kappa shape index (κ1) is 15.7. The van der Waals surface area contributed by atoms with Crippen molar-refractivity contribution in [2.45, 2.75) is 32.9 Å². The summed E-state index contributed by atoms with van der Waals surface area (Å²) in [6.45, 7) is 5.10. The summed E-state index contributed by atoms with van der Waals surface area (Å²) in [4.78, 5) is 35.6. The van der Waals surface area contributed by atoms with Crippen LogP contribution in [0.4, 0.5) is 0 Å². The Labute approximate surface area is 126 Å². The summed E-state index contributed by atoms with van der Waals surface area (Å²) in [7, 11) is 0. The summed E-state index contributed by atoms with van der Waals surface area (Å²) in [6, 6.07) is 6.30. The van der Waals surface area contributed by atoms with E-state index < -0.39 is 23.0 Å². The molecule has 1 amide bonds. The standard InChI is InChI=1S/C15H17N3O4/c1-15(2,3)16-11(19)8-18-13(20)10-7-5-4-6-9(10)12(17-18)14(21)22/h4-7H,8H2,1-3H3,(H,16,19)(H,21,22). The van der Waals surface area contributed by atoms with Crippen LogP contribution in [0.3, 0.4) is 0 Å². The summed E-state index contributed by atoms with van der Waals surface area (Å²) in [5.41, 5.74) is -1.20. The third kappa shape index (κ3) is 3.30. The van der Waals surface area contributed by atoms with Gasteiger partial charge >= 0.3 is 5.97 Å². The van der Waals surface area contributed by atoms with Crippen molar-refractivity contribution in [2.75, 3.05) is 0 Å². The molecule has 7 nitrogen and oxygen atoms in total. The maximum Gasteiger partial charge on any atom is 0.357 e. The van der Waals surface area contributed by atoms with Crippen LogP contribution in [0.1, 0.15) is 31.3 Å². The van der Waals surface area contributed by atoms with Crippen molar-refractivity contribution in [3.05, 3.63) is 40.3 Å². The lowest BCUT2D eigenvalue weighted by atomic mass is 10.1. The zero-order valence-corrected chi connectivity index (χ0v) is 12.6. The van der Waals surface area contributed by atoms with Gasteiger partial charge in [0.15, 0.2) is 5.69 Å². The number of aromatic carboxylic acids is 1. The van der Waals surface area contributed by atoms with Crippen LogP contribution in [-0.4, -0.2) is 32.3 Å². The summed E-state index contributed by atoms with van der Waals surface area (Å²) in [5, 5.41) is 16.2. The highest BCUT2D eigenvalue weighted by molar-refractivity contribution is 6.01. The Morgan fingerprint density at radius 2 is 1.82 bits per heavy atom. The third-order valence-electron chi connectivity index (χ3n) is 2.88. The minimum absolute atomic E-state index is 0.221. The first-order valence-electron chi connectivity index (χ1n) is 6.73. The van der Waals surface area contributed by atoms with E-state index in [1.165, 1.54) is 12.1 Å². The van der Waals surface area contributed by atoms with Gasteiger partial charge in [-0.2, -0.15) is 5.10 Å². The van der Waals surface area contributed by atoms with Gasteiger partial charge in [-0.25, -0.2) is 9.48 Å². The fourth-order valence-corrected chi connectivity index (χ4v) is 2.09. The number of carboxylic acids is 1. The SMILES string of the molecule is CC(C)(C)NC(=O)Cn1nc(C(=O)O)c2ccccc2c1=O. The second kappa shape index (κ2) is 5.59. The van der Waals surface area contributed by atoms with Gasteiger partial charge in [-0.1, -0.05) is 18.2 Å². The maximum atomic E-state index is 12.3. The van der Waals surface area contributed by atoms with E-state index in [9.17, 15) is 19.5 Å². The van der Waals surface area contributed by atoms with Crippen LogP contribution >= 0.6 is 0 Å². The van der Waals surface area contributed by atoms with E-state index in [0.29, 0.717) is 0 Å². The topological polar surface area (TPSA) is 101 Å². The molecule has 0 spiro atoms. The minimum atomic E-state index is -1.25. The van der Waals surface area contributed by atoms with Crippen molar-refractivity contribution in [1.29, 1.82) is 0 Å². The van der Waals surface area contributed by atoms with Crippen molar-refractivity contribution in [3.63, 3.8) is 0 Å². The minimum Gasteiger partial charge on any atom is -0.476 e. The summed E-state index contributed by atoms with van der Waals surface area (Å²) in [6.07, 6.45) is 0. The van der Waals surface area contributed by atoms with Crippen LogP contribution in [-0.2, 0) is 11.3 Å². The number of carbonyl (C=O) groups excluding carboxylic acids is 1. The van der Waals surface area contributed by atoms with Gasteiger partial charge in [0, 0.05) is 10.9 Å². The smallest absolute Gasteiger partial charge is 0.357 e. The molecule has 0 saturated heterocycles. The molecule has 1 aromatic heterocycles. The average molecular weight is 303 g/mol. The molecule has 0 aliphatic carbocycles. The Morgan fingerprint density at radius 1 is 1.23 bits per heavy atom. The van der Waals surface area contributed by atoms with Gasteiger partial charge in [-0.05, 0) is 26.8 Å². The Kier molecular flexibility index (Phi) is 3.99. The van der Waals surface area contributed by atoms with Crippen molar-refractivity contribution in [2.24, 2.45) is 0 Å². The van der Waals surface area contributed by atoms with E-state index in [2.05, 4.69) is 10.4 Å². The highest BCUT2D eigenvalue weighted by Gasteiger charge is 2.19. The fourth-order valence-electron chi connectivity index (χ4n) is 2.09. The molecule has 7 heteroatoms. The molecule has 0 unspecified atom stereocenters. The maximum absolute atomic E-state index is 12.3. The second-order valence-electron chi connectivity index (χ2n) is 5.96. The van der Waals surface area contributed by atoms with E-state index in [0.717, 1.165) is 4.68 Å². The second-order valence-corrected chi connectivity index (χ2v) is 5.96. The van der Waals surface area contributed by atoms with Crippen LogP contribution in [0.25, 0.3) is 10.8 Å². The predicted molar refractivity (Wildman–Crippen MR) is 80.9 cm³/mol. The molecule has 0 atom stereocenters. The van der Waals surface area contributed by atoms with E-state index >= 15 is 0 Å². The van der Waals surface area contributed by atoms with Gasteiger partial charge in [0.1, 0.15) is 6.54 Å². The van der Waals surface area contributed by atoms with Gasteiger partial charge in [0.05, 0.1) is 5.39 Å². The predicted octanol–water partition coefficient (Wildman–Crippen LogP) is 1.01. The van der Waals surface area contributed by atoms with Crippen molar-refractivity contribution < 1.29 is 14.7 Å². The molecule has 1 aromatic carbocycles. The van der Waals surface area contributed by atoms with Gasteiger partial charge in [0.25, 0.3) is 5.56 Å². The zero-order valence-electron chi connectivity index (χ0n) is 12.6. The molecule has 0 aliphatic rings. The molecule has 2 aromatic rings. The van der Waals surface area contributed by atoms with Crippen LogP contribution < -0.4 is 10.9 Å². The molecular weight excluding hydrogens is 286 g/mol. The highest BCUT2D eigenvalue weighted by Crippen LogP contribution is 2.13. The first-order valence-corrected chi connectivity index (χ1v) is 6.73. The van der Waals surface area contributed by atoms with Crippen molar-refractivity contribution in [3.8, 4) is 0 Å². The Morgan fingerprint density at radius 3 is 2.36 bits per heavy atom. The largest absolute Gasteiger partial charge is 0.476 e. The molecule has 0 bridgehead atoms. The number of hydrogen-bond acceptors (Lipinski definition) is 4. The summed E-state index contributed by atoms with van der Waals surface area (Å²) >= 11 is 0. The molecule has 0 aliphatic heterocycles. The molecule has 0 fully saturated rings. The van der Waals surface area contributed by atoms with Crippen molar-refractivity contribution >= 4 is 22.6 Å². The molecule has 1 heterocycles. The lowest BCUT2D eigenvalue weighted by Crippen LogP contribution is -2.44. The van der Waals surface area contributed by atoms with Gasteiger partial charge < -0.3 is 10.4 Å². The number of amides is 1. The molecule has 116 valence electrons. The number of aromatic nitrogens is 2. The Bertz CT molecular complexity index is 803. The van der Waals surface area contributed by atoms with Crippen LogP contribution in [0, 0.1) is 0 Å². The lowest BCUT2D eigenvalue weighted by molar-refractivity contribution is -0.123. The number of fused-ring (bicyclic) bond motifs is 1. The van der Waals surface area contributed by atoms with E-state index in [1.807, 2.05) is 20.8 Å². The summed E-state index contributed by atoms with van der Waals surface area (Å²) in [5.74, 6) is -1.66. The van der Waals surface area contributed by atoms with Crippen LogP contribution in [0.5, 0.6) is 0 Å². The fraction of sp³-hybridized carbons (Fsp3) is 0.333. The van der Waals surface area contributed by atoms with E-state index in [-0.39, 0.29) is 23.0 Å². The molecule has 2 rings (SSSR count). The molecule has 0 radical (unpaired) electrons. The third-order valence-corrected chi connectivity index (χ3v) is 2.88. The lowest BCUT2D eigenvalue weighted by Gasteiger charge is -2.20. The highest BCUT2D eigenvalue weighted by atomic mass is 16.4. The zero-order chi connectivity index (χ0) is 16.5. The average Bonchev–Trinajstić information content (AvgIpc) is 2.39. The van der Waals surface area contributed by atoms with Gasteiger partial charge in [-0.15, -0.1) is 0 Å². The monoisotopic (exact) mass is 303 g/mol. The first-order chi connectivity index (χ1) is 10.2. The number of carboxylic acid groups (broad SMARTS) is 1. The summed E-state index contributed by atoms with van der Waals surface area (Å²) < 4.78 is 0.882. The van der Waals surface area contributed by atoms with E-state index in [1.54, 1.807) is 12.1 Å². The quantitative estimate of drug-likeness (QED) is 0.881. The number of rotatable bonds is 3. The number of benzene rings is 1. The molecule has 0 saturated carbocycles. The normalized spacial score (nSPS) is 11.4. The number of nitrogens with one attached hydrogen (secondary N) is 1. The van der Waals surface area contributed by atoms with Crippen LogP contribution in [0.15, 0.2) is 29.1 Å². The molecule has 2 N–H and O–H groups in total. The molecular formula is C15H17N3O4. The Hall–Kier alpha value is -2.70. The van der Waals surface area contributed by atoms with Gasteiger partial charge in [-0.3, -0.25) is 9.59 Å². The van der Waals surface area contributed by atoms with Gasteiger partial charge in [0.2, 0.25) is 5.91 Å².